The van der Waals surface area contributed by atoms with E-state index in [4.69, 9.17) is 0 Å². The molecule has 1 N–H and O–H groups in total. The quantitative estimate of drug-likeness (QED) is 0.768. The third-order valence-corrected chi connectivity index (χ3v) is 6.16. The molecular weight excluding hydrogens is 336 g/mol. The number of thiophene rings is 1. The normalized spacial score (nSPS) is 19.8. The monoisotopic (exact) mass is 356 g/mol. The van der Waals surface area contributed by atoms with E-state index in [1.165, 1.54) is 22.3 Å². The molecule has 0 aromatic carbocycles. The predicted molar refractivity (Wildman–Crippen MR) is 90.8 cm³/mol. The second-order valence-electron chi connectivity index (χ2n) is 5.37. The Bertz CT molecular complexity index is 680. The van der Waals surface area contributed by atoms with Gasteiger partial charge < -0.3 is 10.2 Å². The van der Waals surface area contributed by atoms with Gasteiger partial charge in [0.2, 0.25) is 11.8 Å². The molecule has 0 unspecified atom stereocenters. The molecule has 2 rings (SSSR count). The van der Waals surface area contributed by atoms with Crippen molar-refractivity contribution in [2.75, 3.05) is 24.6 Å². The van der Waals surface area contributed by atoms with E-state index in [2.05, 4.69) is 5.32 Å². The summed E-state index contributed by atoms with van der Waals surface area (Å²) in [4.78, 5) is 26.5. The van der Waals surface area contributed by atoms with Crippen molar-refractivity contribution in [1.29, 1.82) is 0 Å². The lowest BCUT2D eigenvalue weighted by Gasteiger charge is -2.20. The Kier molecular flexibility index (Phi) is 5.95. The second-order valence-corrected chi connectivity index (χ2v) is 8.58. The minimum atomic E-state index is -3.03. The Labute approximate surface area is 140 Å². The van der Waals surface area contributed by atoms with Crippen LogP contribution in [0.25, 0.3) is 6.08 Å². The Hall–Kier alpha value is -1.67. The van der Waals surface area contributed by atoms with Crippen molar-refractivity contribution in [2.24, 2.45) is 0 Å². The van der Waals surface area contributed by atoms with Gasteiger partial charge in [0.15, 0.2) is 9.84 Å². The first-order valence-corrected chi connectivity index (χ1v) is 10.1. The van der Waals surface area contributed by atoms with Gasteiger partial charge in [-0.05, 0) is 30.9 Å². The SMILES string of the molecule is CCN(CC(=O)N[C@H]1CCS(=O)(=O)C1)C(=O)/C=C/c1cccs1. The first-order valence-electron chi connectivity index (χ1n) is 7.40. The fourth-order valence-electron chi connectivity index (χ4n) is 2.35. The van der Waals surface area contributed by atoms with Crippen molar-refractivity contribution in [1.82, 2.24) is 10.2 Å². The third kappa shape index (κ3) is 5.47. The van der Waals surface area contributed by atoms with Gasteiger partial charge in [0, 0.05) is 23.5 Å². The lowest BCUT2D eigenvalue weighted by molar-refractivity contribution is -0.132. The number of sulfone groups is 1. The van der Waals surface area contributed by atoms with Crippen molar-refractivity contribution in [3.8, 4) is 0 Å². The van der Waals surface area contributed by atoms with Gasteiger partial charge in [-0.25, -0.2) is 8.42 Å². The highest BCUT2D eigenvalue weighted by Crippen LogP contribution is 2.12. The van der Waals surface area contributed by atoms with Gasteiger partial charge in [-0.2, -0.15) is 0 Å². The van der Waals surface area contributed by atoms with Crippen LogP contribution in [0.3, 0.4) is 0 Å². The number of likely N-dealkylation sites (N-methyl/N-ethyl adjacent to an activating group) is 1. The van der Waals surface area contributed by atoms with E-state index in [1.54, 1.807) is 13.0 Å². The molecule has 0 saturated carbocycles. The Morgan fingerprint density at radius 1 is 1.48 bits per heavy atom. The topological polar surface area (TPSA) is 83.6 Å². The molecule has 0 bridgehead atoms. The van der Waals surface area contributed by atoms with Crippen LogP contribution in [0.2, 0.25) is 0 Å². The molecule has 23 heavy (non-hydrogen) atoms. The van der Waals surface area contributed by atoms with Crippen LogP contribution < -0.4 is 5.32 Å². The molecule has 0 aliphatic carbocycles. The summed E-state index contributed by atoms with van der Waals surface area (Å²) >= 11 is 1.53. The van der Waals surface area contributed by atoms with Crippen LogP contribution in [0.1, 0.15) is 18.2 Å². The van der Waals surface area contributed by atoms with Gasteiger partial charge in [-0.3, -0.25) is 9.59 Å². The average molecular weight is 356 g/mol. The highest BCUT2D eigenvalue weighted by molar-refractivity contribution is 7.91. The smallest absolute Gasteiger partial charge is 0.247 e. The summed E-state index contributed by atoms with van der Waals surface area (Å²) in [5.74, 6) is -0.475. The van der Waals surface area contributed by atoms with Gasteiger partial charge in [-0.15, -0.1) is 11.3 Å². The zero-order valence-corrected chi connectivity index (χ0v) is 14.5. The summed E-state index contributed by atoms with van der Waals surface area (Å²) < 4.78 is 22.8. The van der Waals surface area contributed by atoms with Crippen LogP contribution in [-0.4, -0.2) is 55.8 Å². The molecule has 1 aliphatic rings. The number of hydrogen-bond acceptors (Lipinski definition) is 5. The van der Waals surface area contributed by atoms with Crippen molar-refractivity contribution >= 4 is 39.1 Å². The molecule has 1 aromatic rings. The van der Waals surface area contributed by atoms with E-state index < -0.39 is 9.84 Å². The van der Waals surface area contributed by atoms with Gasteiger partial charge in [0.1, 0.15) is 0 Å². The highest BCUT2D eigenvalue weighted by Gasteiger charge is 2.29. The van der Waals surface area contributed by atoms with E-state index in [1.807, 2.05) is 17.5 Å². The lowest BCUT2D eigenvalue weighted by Crippen LogP contribution is -2.44. The Balaban J connectivity index is 1.86. The van der Waals surface area contributed by atoms with Crippen molar-refractivity contribution in [2.45, 2.75) is 19.4 Å². The maximum Gasteiger partial charge on any atom is 0.247 e. The summed E-state index contributed by atoms with van der Waals surface area (Å²) in [6.45, 7) is 2.13. The van der Waals surface area contributed by atoms with Crippen LogP contribution in [-0.2, 0) is 19.4 Å². The van der Waals surface area contributed by atoms with Gasteiger partial charge in [0.05, 0.1) is 18.1 Å². The number of nitrogens with zero attached hydrogens (tertiary/aromatic N) is 1. The van der Waals surface area contributed by atoms with Crippen molar-refractivity contribution in [3.05, 3.63) is 28.5 Å². The number of carbonyl (C=O) groups is 2. The maximum absolute atomic E-state index is 12.1. The van der Waals surface area contributed by atoms with Gasteiger partial charge in [0.25, 0.3) is 0 Å². The second kappa shape index (κ2) is 7.74. The fraction of sp³-hybridized carbons (Fsp3) is 0.467. The number of hydrogen-bond donors (Lipinski definition) is 1. The lowest BCUT2D eigenvalue weighted by atomic mass is 10.2. The van der Waals surface area contributed by atoms with E-state index in [0.717, 1.165) is 4.88 Å². The summed E-state index contributed by atoms with van der Waals surface area (Å²) in [5.41, 5.74) is 0. The third-order valence-electron chi connectivity index (χ3n) is 3.56. The Morgan fingerprint density at radius 2 is 2.26 bits per heavy atom. The summed E-state index contributed by atoms with van der Waals surface area (Å²) in [6, 6.07) is 3.45. The van der Waals surface area contributed by atoms with Crippen LogP contribution in [0.4, 0.5) is 0 Å². The molecule has 6 nitrogen and oxygen atoms in total. The molecule has 2 amide bonds. The molecule has 2 heterocycles. The summed E-state index contributed by atoms with van der Waals surface area (Å²) in [7, 11) is -3.03. The molecule has 1 aliphatic heterocycles. The van der Waals surface area contributed by atoms with Crippen molar-refractivity contribution in [3.63, 3.8) is 0 Å². The first kappa shape index (κ1) is 17.7. The maximum atomic E-state index is 12.1. The number of rotatable bonds is 6. The van der Waals surface area contributed by atoms with Gasteiger partial charge in [-0.1, -0.05) is 6.07 Å². The average Bonchev–Trinajstić information content (AvgIpc) is 3.11. The molecule has 0 radical (unpaired) electrons. The van der Waals surface area contributed by atoms with Crippen LogP contribution >= 0.6 is 11.3 Å². The molecule has 1 aromatic heterocycles. The number of amides is 2. The molecule has 1 atom stereocenters. The largest absolute Gasteiger partial charge is 0.351 e. The molecule has 1 fully saturated rings. The van der Waals surface area contributed by atoms with E-state index in [9.17, 15) is 18.0 Å². The molecule has 126 valence electrons. The zero-order valence-electron chi connectivity index (χ0n) is 12.9. The van der Waals surface area contributed by atoms with E-state index >= 15 is 0 Å². The van der Waals surface area contributed by atoms with Gasteiger partial charge >= 0.3 is 0 Å². The molecular formula is C15H20N2O4S2. The standard InChI is InChI=1S/C15H20N2O4S2/c1-2-17(15(19)6-5-13-4-3-8-22-13)10-14(18)16-12-7-9-23(20,21)11-12/h3-6,8,12H,2,7,9-11H2,1H3,(H,16,18)/b6-5+/t12-/m0/s1. The fourth-order valence-corrected chi connectivity index (χ4v) is 4.64. The Morgan fingerprint density at radius 3 is 2.83 bits per heavy atom. The number of carbonyl (C=O) groups excluding carboxylic acids is 2. The van der Waals surface area contributed by atoms with Crippen molar-refractivity contribution < 1.29 is 18.0 Å². The molecule has 8 heteroatoms. The zero-order chi connectivity index (χ0) is 16.9. The highest BCUT2D eigenvalue weighted by atomic mass is 32.2. The van der Waals surface area contributed by atoms with E-state index in [-0.39, 0.29) is 35.9 Å². The predicted octanol–water partition coefficient (Wildman–Crippen LogP) is 0.913. The number of nitrogens with one attached hydrogen (secondary N) is 1. The molecule has 1 saturated heterocycles. The first-order chi connectivity index (χ1) is 10.9. The summed E-state index contributed by atoms with van der Waals surface area (Å²) in [6.07, 6.45) is 3.60. The van der Waals surface area contributed by atoms with Crippen LogP contribution in [0.15, 0.2) is 23.6 Å². The van der Waals surface area contributed by atoms with Crippen LogP contribution in [0.5, 0.6) is 0 Å². The van der Waals surface area contributed by atoms with E-state index in [0.29, 0.717) is 13.0 Å². The van der Waals surface area contributed by atoms with Crippen LogP contribution in [0, 0.1) is 0 Å². The molecule has 0 spiro atoms. The minimum Gasteiger partial charge on any atom is -0.351 e. The summed E-state index contributed by atoms with van der Waals surface area (Å²) in [5, 5.41) is 4.61. The minimum absolute atomic E-state index is 0.0168.